The molecule has 1 nitrogen and oxygen atoms in total. The zero-order chi connectivity index (χ0) is 11.8. The second-order valence-electron chi connectivity index (χ2n) is 4.81. The van der Waals surface area contributed by atoms with Crippen molar-refractivity contribution in [2.24, 2.45) is 5.92 Å². The van der Waals surface area contributed by atoms with E-state index in [4.69, 9.17) is 0 Å². The van der Waals surface area contributed by atoms with Gasteiger partial charge in [0.05, 0.1) is 6.10 Å². The highest BCUT2D eigenvalue weighted by atomic mass is 32.1. The highest BCUT2D eigenvalue weighted by molar-refractivity contribution is 7.10. The summed E-state index contributed by atoms with van der Waals surface area (Å²) in [6.45, 7) is 2.09. The monoisotopic (exact) mass is 244 g/mol. The molecule has 3 rings (SSSR count). The Morgan fingerprint density at radius 1 is 1.18 bits per heavy atom. The van der Waals surface area contributed by atoms with Crippen molar-refractivity contribution in [2.45, 2.75) is 25.9 Å². The van der Waals surface area contributed by atoms with Crippen molar-refractivity contribution in [2.75, 3.05) is 0 Å². The third kappa shape index (κ3) is 1.92. The van der Waals surface area contributed by atoms with Gasteiger partial charge in [0, 0.05) is 4.88 Å². The lowest BCUT2D eigenvalue weighted by molar-refractivity contribution is 0.113. The first kappa shape index (κ1) is 11.0. The summed E-state index contributed by atoms with van der Waals surface area (Å²) in [5.74, 6) is 0.348. The van der Waals surface area contributed by atoms with E-state index in [0.717, 1.165) is 18.4 Å². The Labute approximate surface area is 106 Å². The molecule has 1 N–H and O–H groups in total. The quantitative estimate of drug-likeness (QED) is 0.857. The topological polar surface area (TPSA) is 20.2 Å². The van der Waals surface area contributed by atoms with Crippen LogP contribution in [-0.4, -0.2) is 5.11 Å². The molecule has 2 aromatic rings. The number of aliphatic hydroxyl groups excluding tert-OH is 1. The number of hydrogen-bond donors (Lipinski definition) is 1. The van der Waals surface area contributed by atoms with Crippen molar-refractivity contribution < 1.29 is 5.11 Å². The number of rotatable bonds is 2. The molecule has 2 heteroatoms. The first-order valence-electron chi connectivity index (χ1n) is 6.04. The molecule has 0 saturated heterocycles. The van der Waals surface area contributed by atoms with E-state index in [-0.39, 0.29) is 6.10 Å². The van der Waals surface area contributed by atoms with Crippen LogP contribution in [0.2, 0.25) is 0 Å². The van der Waals surface area contributed by atoms with Crippen molar-refractivity contribution in [1.29, 1.82) is 0 Å². The molecular formula is C15H16OS. The molecular weight excluding hydrogens is 228 g/mol. The molecule has 0 amide bonds. The van der Waals surface area contributed by atoms with Gasteiger partial charge in [-0.05, 0) is 53.8 Å². The molecule has 0 bridgehead atoms. The van der Waals surface area contributed by atoms with Crippen LogP contribution < -0.4 is 0 Å². The van der Waals surface area contributed by atoms with Crippen LogP contribution >= 0.6 is 11.3 Å². The van der Waals surface area contributed by atoms with Crippen molar-refractivity contribution in [1.82, 2.24) is 0 Å². The molecule has 1 heterocycles. The lowest BCUT2D eigenvalue weighted by Gasteiger charge is -2.17. The van der Waals surface area contributed by atoms with Gasteiger partial charge >= 0.3 is 0 Å². The fourth-order valence-electron chi connectivity index (χ4n) is 2.77. The first-order chi connectivity index (χ1) is 8.25. The third-order valence-corrected chi connectivity index (χ3v) is 4.61. The Balaban J connectivity index is 1.83. The molecule has 0 saturated carbocycles. The SMILES string of the molecule is Cc1sccc1C(O)C1Cc2ccccc2C1. The molecule has 0 aliphatic heterocycles. The normalized spacial score (nSPS) is 17.1. The highest BCUT2D eigenvalue weighted by Crippen LogP contribution is 2.37. The van der Waals surface area contributed by atoms with Crippen LogP contribution in [0.4, 0.5) is 0 Å². The number of thiophene rings is 1. The molecule has 1 aliphatic carbocycles. The van der Waals surface area contributed by atoms with Gasteiger partial charge in [0.15, 0.2) is 0 Å². The predicted octanol–water partition coefficient (Wildman–Crippen LogP) is 3.50. The first-order valence-corrected chi connectivity index (χ1v) is 6.92. The van der Waals surface area contributed by atoms with Crippen LogP contribution in [0.5, 0.6) is 0 Å². The summed E-state index contributed by atoms with van der Waals surface area (Å²) in [4.78, 5) is 1.24. The molecule has 0 spiro atoms. The molecule has 1 aliphatic rings. The minimum atomic E-state index is -0.311. The van der Waals surface area contributed by atoms with Crippen LogP contribution in [0.25, 0.3) is 0 Å². The van der Waals surface area contributed by atoms with E-state index in [1.54, 1.807) is 11.3 Å². The van der Waals surface area contributed by atoms with Gasteiger partial charge in [-0.15, -0.1) is 11.3 Å². The number of aliphatic hydroxyl groups is 1. The van der Waals surface area contributed by atoms with Gasteiger partial charge in [-0.3, -0.25) is 0 Å². The Morgan fingerprint density at radius 2 is 1.82 bits per heavy atom. The van der Waals surface area contributed by atoms with Crippen molar-refractivity contribution in [3.8, 4) is 0 Å². The molecule has 88 valence electrons. The van der Waals surface area contributed by atoms with Crippen LogP contribution in [0.1, 0.15) is 27.7 Å². The maximum atomic E-state index is 10.5. The zero-order valence-corrected chi connectivity index (χ0v) is 10.7. The number of benzene rings is 1. The second kappa shape index (κ2) is 4.28. The molecule has 0 fully saturated rings. The van der Waals surface area contributed by atoms with Gasteiger partial charge in [-0.1, -0.05) is 24.3 Å². The Hall–Kier alpha value is -1.12. The van der Waals surface area contributed by atoms with E-state index in [1.165, 1.54) is 16.0 Å². The molecule has 1 atom stereocenters. The molecule has 1 aromatic carbocycles. The van der Waals surface area contributed by atoms with E-state index in [9.17, 15) is 5.11 Å². The van der Waals surface area contributed by atoms with Gasteiger partial charge < -0.3 is 5.11 Å². The Bertz CT molecular complexity index is 504. The summed E-state index contributed by atoms with van der Waals surface area (Å²) < 4.78 is 0. The Morgan fingerprint density at radius 3 is 2.35 bits per heavy atom. The van der Waals surface area contributed by atoms with Gasteiger partial charge in [0.2, 0.25) is 0 Å². The van der Waals surface area contributed by atoms with Crippen LogP contribution in [0.3, 0.4) is 0 Å². The van der Waals surface area contributed by atoms with E-state index < -0.39 is 0 Å². The lowest BCUT2D eigenvalue weighted by atomic mass is 9.94. The van der Waals surface area contributed by atoms with Crippen molar-refractivity contribution in [3.05, 3.63) is 57.3 Å². The average molecular weight is 244 g/mol. The minimum Gasteiger partial charge on any atom is -0.388 e. The standard InChI is InChI=1S/C15H16OS/c1-10-14(6-7-17-10)15(16)13-8-11-4-2-3-5-12(11)9-13/h2-7,13,15-16H,8-9H2,1H3. The van der Waals surface area contributed by atoms with Gasteiger partial charge in [0.1, 0.15) is 0 Å². The fraction of sp³-hybridized carbons (Fsp3) is 0.333. The van der Waals surface area contributed by atoms with Gasteiger partial charge in [-0.2, -0.15) is 0 Å². The van der Waals surface area contributed by atoms with E-state index in [0.29, 0.717) is 5.92 Å². The van der Waals surface area contributed by atoms with Crippen LogP contribution in [0, 0.1) is 12.8 Å². The Kier molecular flexibility index (Phi) is 2.77. The molecule has 1 aromatic heterocycles. The largest absolute Gasteiger partial charge is 0.388 e. The molecule has 0 radical (unpaired) electrons. The molecule has 17 heavy (non-hydrogen) atoms. The molecule has 1 unspecified atom stereocenters. The van der Waals surface area contributed by atoms with E-state index in [2.05, 4.69) is 42.6 Å². The summed E-state index contributed by atoms with van der Waals surface area (Å²) >= 11 is 1.72. The highest BCUT2D eigenvalue weighted by Gasteiger charge is 2.29. The number of fused-ring (bicyclic) bond motifs is 1. The summed E-state index contributed by atoms with van der Waals surface area (Å²) in [7, 11) is 0. The smallest absolute Gasteiger partial charge is 0.0835 e. The third-order valence-electron chi connectivity index (χ3n) is 3.75. The van der Waals surface area contributed by atoms with Crippen LogP contribution in [-0.2, 0) is 12.8 Å². The summed E-state index contributed by atoms with van der Waals surface area (Å²) in [6.07, 6.45) is 1.70. The summed E-state index contributed by atoms with van der Waals surface area (Å²) in [5.41, 5.74) is 3.93. The van der Waals surface area contributed by atoms with E-state index in [1.807, 2.05) is 0 Å². The van der Waals surface area contributed by atoms with Crippen LogP contribution in [0.15, 0.2) is 35.7 Å². The fourth-order valence-corrected chi connectivity index (χ4v) is 3.52. The minimum absolute atomic E-state index is 0.311. The second-order valence-corrected chi connectivity index (χ2v) is 5.93. The summed E-state index contributed by atoms with van der Waals surface area (Å²) in [6, 6.07) is 10.6. The zero-order valence-electron chi connectivity index (χ0n) is 9.89. The van der Waals surface area contributed by atoms with Crippen molar-refractivity contribution in [3.63, 3.8) is 0 Å². The average Bonchev–Trinajstić information content (AvgIpc) is 2.93. The number of hydrogen-bond acceptors (Lipinski definition) is 2. The summed E-state index contributed by atoms with van der Waals surface area (Å²) in [5, 5.41) is 12.5. The maximum absolute atomic E-state index is 10.5. The number of aryl methyl sites for hydroxylation is 1. The van der Waals surface area contributed by atoms with E-state index >= 15 is 0 Å². The van der Waals surface area contributed by atoms with Gasteiger partial charge in [-0.25, -0.2) is 0 Å². The maximum Gasteiger partial charge on any atom is 0.0835 e. The van der Waals surface area contributed by atoms with Gasteiger partial charge in [0.25, 0.3) is 0 Å². The predicted molar refractivity (Wildman–Crippen MR) is 71.4 cm³/mol. The lowest BCUT2D eigenvalue weighted by Crippen LogP contribution is -2.12. The van der Waals surface area contributed by atoms with Crippen molar-refractivity contribution >= 4 is 11.3 Å².